The lowest BCUT2D eigenvalue weighted by Crippen LogP contribution is -2.39. The number of hydrogen-bond acceptors (Lipinski definition) is 5. The fourth-order valence-electron chi connectivity index (χ4n) is 3.32. The summed E-state index contributed by atoms with van der Waals surface area (Å²) in [4.78, 5) is 6.58. The molecule has 1 saturated heterocycles. The number of benzene rings is 2. The van der Waals surface area contributed by atoms with E-state index in [-0.39, 0.29) is 29.4 Å². The molecular formula is C18H16ClFN2O2S2. The first-order valence-corrected chi connectivity index (χ1v) is 11.3. The van der Waals surface area contributed by atoms with Gasteiger partial charge in [-0.25, -0.2) is 12.8 Å². The first-order chi connectivity index (χ1) is 12.4. The molecule has 0 bridgehead atoms. The van der Waals surface area contributed by atoms with Crippen molar-refractivity contribution in [1.82, 2.24) is 0 Å². The van der Waals surface area contributed by atoms with Crippen LogP contribution in [0.15, 0.2) is 53.5 Å². The number of sulfone groups is 1. The molecule has 0 aromatic heterocycles. The van der Waals surface area contributed by atoms with Gasteiger partial charge in [-0.3, -0.25) is 4.99 Å². The third-order valence-electron chi connectivity index (χ3n) is 4.51. The molecule has 136 valence electrons. The zero-order valence-corrected chi connectivity index (χ0v) is 16.1. The van der Waals surface area contributed by atoms with E-state index in [1.54, 1.807) is 30.3 Å². The van der Waals surface area contributed by atoms with Gasteiger partial charge in [0.15, 0.2) is 15.0 Å². The first kappa shape index (κ1) is 17.8. The van der Waals surface area contributed by atoms with E-state index < -0.39 is 9.84 Å². The van der Waals surface area contributed by atoms with E-state index in [9.17, 15) is 12.8 Å². The average Bonchev–Trinajstić information content (AvgIpc) is 3.05. The molecule has 8 heteroatoms. The van der Waals surface area contributed by atoms with Gasteiger partial charge >= 0.3 is 0 Å². The van der Waals surface area contributed by atoms with Crippen molar-refractivity contribution >= 4 is 44.1 Å². The maximum Gasteiger partial charge on any atom is 0.164 e. The highest BCUT2D eigenvalue weighted by Crippen LogP contribution is 2.36. The fourth-order valence-corrected chi connectivity index (χ4v) is 6.46. The molecule has 2 atom stereocenters. The summed E-state index contributed by atoms with van der Waals surface area (Å²) >= 11 is 7.54. The number of anilines is 1. The SMILES string of the molecule is O=S1(=O)C[C@H]2N=C(SCc3ccccc3F)N(c3cccc(Cl)c3)[C@H]2C1. The number of aliphatic imine (C=N–C) groups is 1. The number of thioether (sulfide) groups is 1. The molecule has 2 aliphatic rings. The molecule has 2 aromatic carbocycles. The Morgan fingerprint density at radius 3 is 2.77 bits per heavy atom. The van der Waals surface area contributed by atoms with Crippen LogP contribution in [0.25, 0.3) is 0 Å². The second-order valence-corrected chi connectivity index (χ2v) is 9.89. The molecule has 0 amide bonds. The van der Waals surface area contributed by atoms with Gasteiger partial charge in [-0.05, 0) is 29.8 Å². The summed E-state index contributed by atoms with van der Waals surface area (Å²) in [6, 6.07) is 13.4. The molecule has 2 heterocycles. The average molecular weight is 411 g/mol. The Morgan fingerprint density at radius 1 is 1.19 bits per heavy atom. The Morgan fingerprint density at radius 2 is 2.00 bits per heavy atom. The van der Waals surface area contributed by atoms with Crippen LogP contribution in [0.1, 0.15) is 5.56 Å². The summed E-state index contributed by atoms with van der Waals surface area (Å²) in [7, 11) is -3.10. The highest BCUT2D eigenvalue weighted by atomic mass is 35.5. The minimum Gasteiger partial charge on any atom is -0.315 e. The van der Waals surface area contributed by atoms with E-state index in [1.807, 2.05) is 17.0 Å². The van der Waals surface area contributed by atoms with Gasteiger partial charge in [0.1, 0.15) is 5.82 Å². The quantitative estimate of drug-likeness (QED) is 0.773. The van der Waals surface area contributed by atoms with Crippen LogP contribution in [0.5, 0.6) is 0 Å². The monoisotopic (exact) mass is 410 g/mol. The molecule has 0 saturated carbocycles. The molecular weight excluding hydrogens is 395 g/mol. The number of halogens is 2. The van der Waals surface area contributed by atoms with Gasteiger partial charge in [0, 0.05) is 16.5 Å². The summed E-state index contributed by atoms with van der Waals surface area (Å²) in [6.07, 6.45) is 0. The molecule has 2 aromatic rings. The molecule has 0 radical (unpaired) electrons. The van der Waals surface area contributed by atoms with Gasteiger partial charge in [-0.15, -0.1) is 0 Å². The van der Waals surface area contributed by atoms with E-state index >= 15 is 0 Å². The van der Waals surface area contributed by atoms with Gasteiger partial charge in [0.25, 0.3) is 0 Å². The summed E-state index contributed by atoms with van der Waals surface area (Å²) in [6.45, 7) is 0. The highest BCUT2D eigenvalue weighted by Gasteiger charge is 2.47. The van der Waals surface area contributed by atoms with Crippen LogP contribution in [-0.4, -0.2) is 37.2 Å². The van der Waals surface area contributed by atoms with Crippen molar-refractivity contribution in [2.45, 2.75) is 17.8 Å². The van der Waals surface area contributed by atoms with Gasteiger partial charge in [0.2, 0.25) is 0 Å². The molecule has 1 fully saturated rings. The zero-order chi connectivity index (χ0) is 18.3. The zero-order valence-electron chi connectivity index (χ0n) is 13.7. The third-order valence-corrected chi connectivity index (χ3v) is 7.46. The van der Waals surface area contributed by atoms with E-state index in [1.165, 1.54) is 17.8 Å². The molecule has 26 heavy (non-hydrogen) atoms. The van der Waals surface area contributed by atoms with Gasteiger partial charge in [0.05, 0.1) is 23.6 Å². The topological polar surface area (TPSA) is 49.7 Å². The summed E-state index contributed by atoms with van der Waals surface area (Å²) in [5.74, 6) is 0.292. The Bertz CT molecular complexity index is 981. The van der Waals surface area contributed by atoms with Crippen LogP contribution in [0.3, 0.4) is 0 Å². The minimum atomic E-state index is -3.10. The molecule has 4 nitrogen and oxygen atoms in total. The predicted molar refractivity (Wildman–Crippen MR) is 105 cm³/mol. The number of rotatable bonds is 3. The number of nitrogens with zero attached hydrogens (tertiary/aromatic N) is 2. The standard InChI is InChI=1S/C18H16ClFN2O2S2/c19-13-5-3-6-14(8-13)22-17-11-26(23,24)10-16(17)21-18(22)25-9-12-4-1-2-7-15(12)20/h1-8,16-17H,9-11H2/t16-,17+/m1/s1. The van der Waals surface area contributed by atoms with E-state index in [0.717, 1.165) is 5.69 Å². The van der Waals surface area contributed by atoms with Crippen molar-refractivity contribution in [3.05, 3.63) is 64.9 Å². The minimum absolute atomic E-state index is 0.0541. The second kappa shape index (κ2) is 6.87. The van der Waals surface area contributed by atoms with E-state index in [0.29, 0.717) is 21.5 Å². The Kier molecular flexibility index (Phi) is 4.71. The lowest BCUT2D eigenvalue weighted by molar-refractivity contribution is 0.601. The molecule has 0 spiro atoms. The van der Waals surface area contributed by atoms with Crippen molar-refractivity contribution in [2.75, 3.05) is 16.4 Å². The van der Waals surface area contributed by atoms with Crippen molar-refractivity contribution in [3.8, 4) is 0 Å². The second-order valence-electron chi connectivity index (χ2n) is 6.35. The molecule has 2 aliphatic heterocycles. The highest BCUT2D eigenvalue weighted by molar-refractivity contribution is 8.13. The predicted octanol–water partition coefficient (Wildman–Crippen LogP) is 3.75. The summed E-state index contributed by atoms with van der Waals surface area (Å²) in [5.41, 5.74) is 1.40. The van der Waals surface area contributed by atoms with Crippen LogP contribution in [0, 0.1) is 5.82 Å². The van der Waals surface area contributed by atoms with Crippen LogP contribution in [0.4, 0.5) is 10.1 Å². The van der Waals surface area contributed by atoms with Crippen molar-refractivity contribution in [2.24, 2.45) is 4.99 Å². The van der Waals surface area contributed by atoms with Crippen molar-refractivity contribution in [3.63, 3.8) is 0 Å². The Labute approximate surface area is 161 Å². The van der Waals surface area contributed by atoms with Crippen LogP contribution in [0.2, 0.25) is 5.02 Å². The molecule has 4 rings (SSSR count). The Hall–Kier alpha value is -1.57. The van der Waals surface area contributed by atoms with Crippen LogP contribution >= 0.6 is 23.4 Å². The molecule has 0 unspecified atom stereocenters. The smallest absolute Gasteiger partial charge is 0.164 e. The third kappa shape index (κ3) is 3.48. The van der Waals surface area contributed by atoms with Crippen molar-refractivity contribution < 1.29 is 12.8 Å². The van der Waals surface area contributed by atoms with Gasteiger partial charge in [-0.2, -0.15) is 0 Å². The lowest BCUT2D eigenvalue weighted by atomic mass is 10.1. The maximum absolute atomic E-state index is 13.9. The first-order valence-electron chi connectivity index (χ1n) is 8.12. The van der Waals surface area contributed by atoms with Gasteiger partial charge in [-0.1, -0.05) is 47.6 Å². The molecule has 0 N–H and O–H groups in total. The lowest BCUT2D eigenvalue weighted by Gasteiger charge is -2.26. The largest absolute Gasteiger partial charge is 0.315 e. The van der Waals surface area contributed by atoms with Crippen LogP contribution in [-0.2, 0) is 15.6 Å². The number of amidine groups is 1. The molecule has 0 aliphatic carbocycles. The number of fused-ring (bicyclic) bond motifs is 1. The van der Waals surface area contributed by atoms with Gasteiger partial charge < -0.3 is 4.90 Å². The van der Waals surface area contributed by atoms with Crippen LogP contribution < -0.4 is 4.90 Å². The number of hydrogen-bond donors (Lipinski definition) is 0. The fraction of sp³-hybridized carbons (Fsp3) is 0.278. The summed E-state index contributed by atoms with van der Waals surface area (Å²) in [5, 5.41) is 1.28. The Balaban J connectivity index is 1.64. The van der Waals surface area contributed by atoms with E-state index in [2.05, 4.69) is 4.99 Å². The normalized spacial score (nSPS) is 23.8. The van der Waals surface area contributed by atoms with Crippen molar-refractivity contribution in [1.29, 1.82) is 0 Å². The summed E-state index contributed by atoms with van der Waals surface area (Å²) < 4.78 is 38.0. The van der Waals surface area contributed by atoms with E-state index in [4.69, 9.17) is 11.6 Å². The maximum atomic E-state index is 13.9.